The van der Waals surface area contributed by atoms with E-state index in [9.17, 15) is 4.79 Å². The van der Waals surface area contributed by atoms with Crippen LogP contribution in [0.25, 0.3) is 0 Å². The number of anilines is 1. The van der Waals surface area contributed by atoms with E-state index in [2.05, 4.69) is 29.4 Å². The summed E-state index contributed by atoms with van der Waals surface area (Å²) in [5.74, 6) is 0. The van der Waals surface area contributed by atoms with Crippen LogP contribution >= 0.6 is 0 Å². The zero-order valence-electron chi connectivity index (χ0n) is 14.5. The molecular formula is C19H29N3O. The summed E-state index contributed by atoms with van der Waals surface area (Å²) in [4.78, 5) is 14.9. The first kappa shape index (κ1) is 16.3. The van der Waals surface area contributed by atoms with Gasteiger partial charge >= 0.3 is 6.03 Å². The molecule has 23 heavy (non-hydrogen) atoms. The molecule has 1 aromatic carbocycles. The monoisotopic (exact) mass is 315 g/mol. The summed E-state index contributed by atoms with van der Waals surface area (Å²) in [6.45, 7) is 6.64. The van der Waals surface area contributed by atoms with Gasteiger partial charge in [-0.1, -0.05) is 24.1 Å². The molecule has 2 amide bonds. The molecule has 0 spiro atoms. The molecule has 0 aromatic heterocycles. The quantitative estimate of drug-likeness (QED) is 0.888. The van der Waals surface area contributed by atoms with E-state index >= 15 is 0 Å². The third kappa shape index (κ3) is 3.86. The molecule has 0 saturated carbocycles. The Morgan fingerprint density at radius 3 is 2.30 bits per heavy atom. The normalized spacial score (nSPS) is 27.7. The molecule has 1 unspecified atom stereocenters. The summed E-state index contributed by atoms with van der Waals surface area (Å²) >= 11 is 0. The van der Waals surface area contributed by atoms with Crippen LogP contribution in [0.5, 0.6) is 0 Å². The van der Waals surface area contributed by atoms with Gasteiger partial charge in [0.15, 0.2) is 0 Å². The molecule has 2 bridgehead atoms. The van der Waals surface area contributed by atoms with Crippen LogP contribution < -0.4 is 10.6 Å². The van der Waals surface area contributed by atoms with Gasteiger partial charge in [-0.2, -0.15) is 0 Å². The number of benzene rings is 1. The molecule has 4 heteroatoms. The Bertz CT molecular complexity index is 526. The number of hydrogen-bond donors (Lipinski definition) is 2. The molecule has 2 aliphatic rings. The van der Waals surface area contributed by atoms with E-state index in [0.717, 1.165) is 18.5 Å². The summed E-state index contributed by atoms with van der Waals surface area (Å²) < 4.78 is 0. The van der Waals surface area contributed by atoms with Crippen LogP contribution in [0.1, 0.15) is 51.5 Å². The third-order valence-electron chi connectivity index (χ3n) is 5.27. The van der Waals surface area contributed by atoms with Crippen molar-refractivity contribution in [3.05, 3.63) is 29.8 Å². The van der Waals surface area contributed by atoms with Crippen molar-refractivity contribution in [2.24, 2.45) is 0 Å². The number of urea groups is 1. The topological polar surface area (TPSA) is 44.4 Å². The number of fused-ring (bicyclic) bond motifs is 2. The van der Waals surface area contributed by atoms with Gasteiger partial charge in [-0.05, 0) is 58.6 Å². The van der Waals surface area contributed by atoms with E-state index in [4.69, 9.17) is 0 Å². The van der Waals surface area contributed by atoms with Crippen molar-refractivity contribution >= 4 is 11.7 Å². The van der Waals surface area contributed by atoms with E-state index in [-0.39, 0.29) is 6.03 Å². The summed E-state index contributed by atoms with van der Waals surface area (Å²) in [5, 5.41) is 6.15. The van der Waals surface area contributed by atoms with E-state index in [1.54, 1.807) is 0 Å². The van der Waals surface area contributed by atoms with Crippen molar-refractivity contribution in [1.29, 1.82) is 0 Å². The zero-order valence-corrected chi connectivity index (χ0v) is 14.5. The Morgan fingerprint density at radius 1 is 1.13 bits per heavy atom. The van der Waals surface area contributed by atoms with Crippen LogP contribution in [0.15, 0.2) is 24.3 Å². The number of aryl methyl sites for hydroxylation is 1. The molecule has 2 fully saturated rings. The van der Waals surface area contributed by atoms with Crippen LogP contribution in [0.3, 0.4) is 0 Å². The molecule has 1 aromatic rings. The molecule has 3 rings (SSSR count). The second kappa shape index (κ2) is 6.91. The van der Waals surface area contributed by atoms with Crippen molar-refractivity contribution in [1.82, 2.24) is 10.2 Å². The Kier molecular flexibility index (Phi) is 4.90. The van der Waals surface area contributed by atoms with Crippen LogP contribution in [-0.2, 0) is 0 Å². The van der Waals surface area contributed by atoms with E-state index < -0.39 is 0 Å². The lowest BCUT2D eigenvalue weighted by Gasteiger charge is -2.51. The number of hydrogen-bond acceptors (Lipinski definition) is 2. The average molecular weight is 315 g/mol. The summed E-state index contributed by atoms with van der Waals surface area (Å²) in [6, 6.07) is 10.0. The number of nitrogens with zero attached hydrogens (tertiary/aromatic N) is 1. The average Bonchev–Trinajstić information content (AvgIpc) is 2.48. The molecule has 4 nitrogen and oxygen atoms in total. The smallest absolute Gasteiger partial charge is 0.319 e. The third-order valence-corrected chi connectivity index (χ3v) is 5.27. The fraction of sp³-hybridized carbons (Fsp3) is 0.632. The largest absolute Gasteiger partial charge is 0.335 e. The Balaban J connectivity index is 1.56. The number of piperidine rings is 2. The lowest BCUT2D eigenvalue weighted by Crippen LogP contribution is -2.59. The highest BCUT2D eigenvalue weighted by Crippen LogP contribution is 2.35. The maximum atomic E-state index is 12.3. The minimum atomic E-state index is -0.0741. The molecule has 0 aliphatic carbocycles. The van der Waals surface area contributed by atoms with Crippen molar-refractivity contribution in [2.45, 2.75) is 77.0 Å². The van der Waals surface area contributed by atoms with Gasteiger partial charge in [0.2, 0.25) is 0 Å². The lowest BCUT2D eigenvalue weighted by atomic mass is 9.81. The van der Waals surface area contributed by atoms with Crippen molar-refractivity contribution in [3.63, 3.8) is 0 Å². The molecule has 0 radical (unpaired) electrons. The van der Waals surface area contributed by atoms with E-state index in [0.29, 0.717) is 24.2 Å². The van der Waals surface area contributed by atoms with Crippen molar-refractivity contribution in [3.8, 4) is 0 Å². The lowest BCUT2D eigenvalue weighted by molar-refractivity contribution is 0.00233. The Labute approximate surface area is 139 Å². The van der Waals surface area contributed by atoms with Gasteiger partial charge in [0.25, 0.3) is 0 Å². The second-order valence-corrected chi connectivity index (χ2v) is 7.41. The first-order valence-electron chi connectivity index (χ1n) is 8.94. The maximum Gasteiger partial charge on any atom is 0.319 e. The first-order chi connectivity index (χ1) is 11.0. The van der Waals surface area contributed by atoms with E-state index in [1.807, 2.05) is 31.2 Å². The van der Waals surface area contributed by atoms with Crippen LogP contribution in [0, 0.1) is 6.92 Å². The van der Waals surface area contributed by atoms with Gasteiger partial charge < -0.3 is 10.6 Å². The van der Waals surface area contributed by atoms with Crippen LogP contribution in [0.2, 0.25) is 0 Å². The van der Waals surface area contributed by atoms with Crippen LogP contribution in [-0.4, -0.2) is 35.1 Å². The van der Waals surface area contributed by atoms with Gasteiger partial charge in [-0.25, -0.2) is 4.79 Å². The fourth-order valence-electron chi connectivity index (χ4n) is 4.37. The van der Waals surface area contributed by atoms with Gasteiger partial charge in [-0.15, -0.1) is 0 Å². The van der Waals surface area contributed by atoms with Gasteiger partial charge in [0.05, 0.1) is 0 Å². The zero-order chi connectivity index (χ0) is 16.4. The van der Waals surface area contributed by atoms with Crippen molar-refractivity contribution < 1.29 is 4.79 Å². The summed E-state index contributed by atoms with van der Waals surface area (Å²) in [7, 11) is 0. The molecular weight excluding hydrogens is 286 g/mol. The number of carbonyl (C=O) groups is 1. The molecule has 2 saturated heterocycles. The Morgan fingerprint density at radius 2 is 1.74 bits per heavy atom. The fourth-order valence-corrected chi connectivity index (χ4v) is 4.37. The molecule has 2 heterocycles. The molecule has 126 valence electrons. The predicted molar refractivity (Wildman–Crippen MR) is 94.8 cm³/mol. The first-order valence-corrected chi connectivity index (χ1v) is 8.94. The van der Waals surface area contributed by atoms with Crippen LogP contribution in [0.4, 0.5) is 10.5 Å². The molecule has 3 atom stereocenters. The van der Waals surface area contributed by atoms with E-state index in [1.165, 1.54) is 24.8 Å². The SMILES string of the molecule is Cc1ccc(NC(=O)NC2C[C@H]3CCC[C@@H](C2)N3C(C)C)cc1. The number of rotatable bonds is 3. The van der Waals surface area contributed by atoms with Gasteiger partial charge in [-0.3, -0.25) is 4.90 Å². The summed E-state index contributed by atoms with van der Waals surface area (Å²) in [5.41, 5.74) is 2.05. The highest BCUT2D eigenvalue weighted by atomic mass is 16.2. The summed E-state index contributed by atoms with van der Waals surface area (Å²) in [6.07, 6.45) is 6.03. The van der Waals surface area contributed by atoms with Gasteiger partial charge in [0, 0.05) is 29.9 Å². The van der Waals surface area contributed by atoms with Crippen molar-refractivity contribution in [2.75, 3.05) is 5.32 Å². The molecule has 2 N–H and O–H groups in total. The number of carbonyl (C=O) groups excluding carboxylic acids is 1. The Hall–Kier alpha value is -1.55. The minimum absolute atomic E-state index is 0.0741. The minimum Gasteiger partial charge on any atom is -0.335 e. The molecule has 2 aliphatic heterocycles. The predicted octanol–water partition coefficient (Wildman–Crippen LogP) is 3.91. The highest BCUT2D eigenvalue weighted by molar-refractivity contribution is 5.89. The second-order valence-electron chi connectivity index (χ2n) is 7.41. The maximum absolute atomic E-state index is 12.3. The van der Waals surface area contributed by atoms with Gasteiger partial charge in [0.1, 0.15) is 0 Å². The highest BCUT2D eigenvalue weighted by Gasteiger charge is 2.39. The number of amides is 2. The standard InChI is InChI=1S/C19H29N3O/c1-13(2)22-17-5-4-6-18(22)12-16(11-17)21-19(23)20-15-9-7-14(3)8-10-15/h7-10,13,16-18H,4-6,11-12H2,1-3H3,(H2,20,21,23)/t16?,17-,18+. The number of nitrogens with one attached hydrogen (secondary N) is 2.